The van der Waals surface area contributed by atoms with Crippen LogP contribution in [-0.4, -0.2) is 41.3 Å². The van der Waals surface area contributed by atoms with Crippen LogP contribution in [0.5, 0.6) is 5.75 Å². The lowest BCUT2D eigenvalue weighted by Crippen LogP contribution is -2.35. The zero-order valence-electron chi connectivity index (χ0n) is 11.9. The number of ether oxygens (including phenoxy) is 1. The molecule has 0 saturated heterocycles. The minimum absolute atomic E-state index is 0.0839. The molecule has 1 aromatic carbocycles. The summed E-state index contributed by atoms with van der Waals surface area (Å²) in [5.74, 6) is -1.74. The van der Waals surface area contributed by atoms with E-state index < -0.39 is 12.3 Å². The van der Waals surface area contributed by atoms with Gasteiger partial charge in [-0.3, -0.25) is 9.59 Å². The van der Waals surface area contributed by atoms with Crippen molar-refractivity contribution in [2.75, 3.05) is 13.1 Å². The molecule has 0 radical (unpaired) electrons. The van der Waals surface area contributed by atoms with Crippen LogP contribution in [-0.2, 0) is 16.0 Å². The van der Waals surface area contributed by atoms with E-state index in [2.05, 4.69) is 4.74 Å². The fraction of sp³-hybridized carbons (Fsp3) is 0.429. The van der Waals surface area contributed by atoms with Crippen LogP contribution in [0, 0.1) is 0 Å². The van der Waals surface area contributed by atoms with Gasteiger partial charge in [-0.05, 0) is 31.0 Å². The molecule has 122 valence electrons. The van der Waals surface area contributed by atoms with Crippen LogP contribution in [0.3, 0.4) is 0 Å². The summed E-state index contributed by atoms with van der Waals surface area (Å²) in [5.41, 5.74) is 0.661. The number of alkyl halides is 3. The highest BCUT2D eigenvalue weighted by atomic mass is 19.4. The average molecular weight is 319 g/mol. The Hall–Kier alpha value is -2.25. The van der Waals surface area contributed by atoms with E-state index in [4.69, 9.17) is 5.11 Å². The maximum Gasteiger partial charge on any atom is 0.573 e. The summed E-state index contributed by atoms with van der Waals surface area (Å²) in [7, 11) is 0. The van der Waals surface area contributed by atoms with Crippen LogP contribution in [0.25, 0.3) is 0 Å². The van der Waals surface area contributed by atoms with Gasteiger partial charge in [-0.25, -0.2) is 0 Å². The number of amides is 1. The van der Waals surface area contributed by atoms with E-state index in [0.29, 0.717) is 12.0 Å². The summed E-state index contributed by atoms with van der Waals surface area (Å²) in [5, 5.41) is 8.67. The van der Waals surface area contributed by atoms with E-state index >= 15 is 0 Å². The first-order valence-corrected chi connectivity index (χ1v) is 6.55. The third kappa shape index (κ3) is 6.47. The number of likely N-dealkylation sites (N-methyl/N-ethyl adjacent to an activating group) is 1. The first-order chi connectivity index (χ1) is 10.2. The number of halogens is 3. The number of carboxylic acids is 1. The fourth-order valence-corrected chi connectivity index (χ4v) is 1.81. The Morgan fingerprint density at radius 1 is 1.23 bits per heavy atom. The first kappa shape index (κ1) is 17.8. The maximum atomic E-state index is 12.0. The highest BCUT2D eigenvalue weighted by Gasteiger charge is 2.30. The van der Waals surface area contributed by atoms with E-state index in [-0.39, 0.29) is 31.2 Å². The predicted molar refractivity (Wildman–Crippen MR) is 71.3 cm³/mol. The number of aliphatic carboxylic acids is 1. The molecule has 8 heteroatoms. The molecule has 0 aromatic heterocycles. The van der Waals surface area contributed by atoms with Crippen LogP contribution >= 0.6 is 0 Å². The zero-order valence-corrected chi connectivity index (χ0v) is 11.9. The molecule has 0 aliphatic carbocycles. The standard InChI is InChI=1S/C14H16F3NO4/c1-2-18(9-13(20)21)12(19)8-5-10-3-6-11(7-4-10)22-14(15,16)17/h3-4,6-7H,2,5,8-9H2,1H3,(H,20,21). The summed E-state index contributed by atoms with van der Waals surface area (Å²) >= 11 is 0. The molecule has 0 saturated carbocycles. The van der Waals surface area contributed by atoms with Crippen molar-refractivity contribution in [1.82, 2.24) is 4.90 Å². The monoisotopic (exact) mass is 319 g/mol. The van der Waals surface area contributed by atoms with Crippen molar-refractivity contribution in [3.8, 4) is 5.75 Å². The largest absolute Gasteiger partial charge is 0.573 e. The molecule has 0 heterocycles. The third-order valence-corrected chi connectivity index (χ3v) is 2.85. The van der Waals surface area contributed by atoms with Gasteiger partial charge >= 0.3 is 12.3 Å². The molecule has 22 heavy (non-hydrogen) atoms. The lowest BCUT2D eigenvalue weighted by molar-refractivity contribution is -0.274. The number of carbonyl (C=O) groups is 2. The lowest BCUT2D eigenvalue weighted by Gasteiger charge is -2.18. The van der Waals surface area contributed by atoms with Gasteiger partial charge in [0.2, 0.25) is 5.91 Å². The number of nitrogens with zero attached hydrogens (tertiary/aromatic N) is 1. The maximum absolute atomic E-state index is 12.0. The molecule has 0 unspecified atom stereocenters. The minimum Gasteiger partial charge on any atom is -0.480 e. The average Bonchev–Trinajstić information content (AvgIpc) is 2.41. The molecule has 1 rings (SSSR count). The van der Waals surface area contributed by atoms with Crippen molar-refractivity contribution >= 4 is 11.9 Å². The van der Waals surface area contributed by atoms with E-state index in [0.717, 1.165) is 0 Å². The molecule has 0 atom stereocenters. The molecule has 0 bridgehead atoms. The number of aryl methyl sites for hydroxylation is 1. The van der Waals surface area contributed by atoms with E-state index in [1.165, 1.54) is 29.2 Å². The molecule has 1 aromatic rings. The first-order valence-electron chi connectivity index (χ1n) is 6.55. The Kier molecular flexibility index (Phi) is 6.21. The highest BCUT2D eigenvalue weighted by Crippen LogP contribution is 2.23. The molecular formula is C14H16F3NO4. The minimum atomic E-state index is -4.74. The fourth-order valence-electron chi connectivity index (χ4n) is 1.81. The summed E-state index contributed by atoms with van der Waals surface area (Å²) in [6, 6.07) is 5.20. The summed E-state index contributed by atoms with van der Waals surface area (Å²) < 4.78 is 39.8. The van der Waals surface area contributed by atoms with Crippen LogP contribution in [0.1, 0.15) is 18.9 Å². The third-order valence-electron chi connectivity index (χ3n) is 2.85. The zero-order chi connectivity index (χ0) is 16.8. The van der Waals surface area contributed by atoms with Crippen LogP contribution in [0.4, 0.5) is 13.2 Å². The quantitative estimate of drug-likeness (QED) is 0.838. The van der Waals surface area contributed by atoms with Gasteiger partial charge in [-0.1, -0.05) is 12.1 Å². The van der Waals surface area contributed by atoms with Gasteiger partial charge in [0.1, 0.15) is 12.3 Å². The number of hydrogen-bond acceptors (Lipinski definition) is 3. The van der Waals surface area contributed by atoms with Crippen LogP contribution in [0.2, 0.25) is 0 Å². The molecule has 1 amide bonds. The smallest absolute Gasteiger partial charge is 0.480 e. The number of rotatable bonds is 7. The van der Waals surface area contributed by atoms with Gasteiger partial charge in [0, 0.05) is 13.0 Å². The van der Waals surface area contributed by atoms with Gasteiger partial charge < -0.3 is 14.7 Å². The summed E-state index contributed by atoms with van der Waals surface area (Å²) in [6.07, 6.45) is -4.35. The molecule has 0 aliphatic heterocycles. The van der Waals surface area contributed by atoms with Crippen LogP contribution in [0.15, 0.2) is 24.3 Å². The number of hydrogen-bond donors (Lipinski definition) is 1. The predicted octanol–water partition coefficient (Wildman–Crippen LogP) is 2.45. The lowest BCUT2D eigenvalue weighted by atomic mass is 10.1. The SMILES string of the molecule is CCN(CC(=O)O)C(=O)CCc1ccc(OC(F)(F)F)cc1. The Morgan fingerprint density at radius 2 is 1.82 bits per heavy atom. The Labute approximate surface area is 125 Å². The number of carbonyl (C=O) groups excluding carboxylic acids is 1. The summed E-state index contributed by atoms with van der Waals surface area (Å²) in [4.78, 5) is 23.6. The van der Waals surface area contributed by atoms with Crippen molar-refractivity contribution in [3.63, 3.8) is 0 Å². The second-order valence-electron chi connectivity index (χ2n) is 4.49. The van der Waals surface area contributed by atoms with Gasteiger partial charge in [-0.2, -0.15) is 0 Å². The van der Waals surface area contributed by atoms with Crippen molar-refractivity contribution in [1.29, 1.82) is 0 Å². The van der Waals surface area contributed by atoms with Crippen LogP contribution < -0.4 is 4.74 Å². The number of benzene rings is 1. The van der Waals surface area contributed by atoms with Crippen molar-refractivity contribution in [3.05, 3.63) is 29.8 Å². The van der Waals surface area contributed by atoms with Gasteiger partial charge in [0.05, 0.1) is 0 Å². The van der Waals surface area contributed by atoms with Gasteiger partial charge in [-0.15, -0.1) is 13.2 Å². The Balaban J connectivity index is 2.54. The van der Waals surface area contributed by atoms with E-state index in [1.807, 2.05) is 0 Å². The van der Waals surface area contributed by atoms with E-state index in [9.17, 15) is 22.8 Å². The van der Waals surface area contributed by atoms with E-state index in [1.54, 1.807) is 6.92 Å². The Morgan fingerprint density at radius 3 is 2.27 bits per heavy atom. The van der Waals surface area contributed by atoms with Crippen molar-refractivity contribution in [2.45, 2.75) is 26.1 Å². The van der Waals surface area contributed by atoms with Gasteiger partial charge in [0.25, 0.3) is 0 Å². The summed E-state index contributed by atoms with van der Waals surface area (Å²) in [6.45, 7) is 1.58. The van der Waals surface area contributed by atoms with Crippen molar-refractivity contribution in [2.24, 2.45) is 0 Å². The van der Waals surface area contributed by atoms with Gasteiger partial charge in [0.15, 0.2) is 0 Å². The second-order valence-corrected chi connectivity index (χ2v) is 4.49. The molecule has 0 aliphatic rings. The van der Waals surface area contributed by atoms with Crippen molar-refractivity contribution < 1.29 is 32.6 Å². The molecule has 1 N–H and O–H groups in total. The molecule has 0 spiro atoms. The molecular weight excluding hydrogens is 303 g/mol. The molecule has 0 fully saturated rings. The highest BCUT2D eigenvalue weighted by molar-refractivity contribution is 5.81. The molecule has 5 nitrogen and oxygen atoms in total. The topological polar surface area (TPSA) is 66.8 Å². The second kappa shape index (κ2) is 7.67. The Bertz CT molecular complexity index is 514. The normalized spacial score (nSPS) is 11.1. The number of carboxylic acid groups (broad SMARTS) is 1.